The molecule has 23 heavy (non-hydrogen) atoms. The lowest BCUT2D eigenvalue weighted by molar-refractivity contribution is -0.153. The van der Waals surface area contributed by atoms with E-state index in [-0.39, 0.29) is 13.0 Å². The Morgan fingerprint density at radius 1 is 1.00 bits per heavy atom. The molecule has 0 aromatic heterocycles. The van der Waals surface area contributed by atoms with Crippen LogP contribution in [0.25, 0.3) is 0 Å². The van der Waals surface area contributed by atoms with Crippen molar-refractivity contribution in [3.05, 3.63) is 71.8 Å². The number of hydrogen-bond donors (Lipinski definition) is 1. The van der Waals surface area contributed by atoms with E-state index in [0.29, 0.717) is 12.0 Å². The van der Waals surface area contributed by atoms with Gasteiger partial charge in [-0.25, -0.2) is 0 Å². The molecule has 4 nitrogen and oxygen atoms in total. The molecule has 120 valence electrons. The highest BCUT2D eigenvalue weighted by Gasteiger charge is 2.40. The van der Waals surface area contributed by atoms with Gasteiger partial charge in [0.2, 0.25) is 0 Å². The Hall–Kier alpha value is -2.62. The first kappa shape index (κ1) is 16.7. The average Bonchev–Trinajstić information content (AvgIpc) is 2.57. The summed E-state index contributed by atoms with van der Waals surface area (Å²) in [4.78, 5) is 23.8. The number of carbonyl (C=O) groups excluding carboxylic acids is 1. The third-order valence-electron chi connectivity index (χ3n) is 4.01. The molecule has 1 N–H and O–H groups in total. The highest BCUT2D eigenvalue weighted by Crippen LogP contribution is 2.29. The topological polar surface area (TPSA) is 63.6 Å². The van der Waals surface area contributed by atoms with Crippen molar-refractivity contribution in [2.24, 2.45) is 0 Å². The van der Waals surface area contributed by atoms with Crippen molar-refractivity contribution in [3.8, 4) is 0 Å². The molecule has 2 aromatic carbocycles. The van der Waals surface area contributed by atoms with Crippen molar-refractivity contribution < 1.29 is 19.4 Å². The van der Waals surface area contributed by atoms with Gasteiger partial charge in [-0.1, -0.05) is 67.6 Å². The smallest absolute Gasteiger partial charge is 0.317 e. The van der Waals surface area contributed by atoms with Gasteiger partial charge >= 0.3 is 11.9 Å². The first-order valence-electron chi connectivity index (χ1n) is 7.57. The Morgan fingerprint density at radius 2 is 1.57 bits per heavy atom. The van der Waals surface area contributed by atoms with E-state index in [1.807, 2.05) is 36.4 Å². The molecule has 2 aromatic rings. The number of carbonyl (C=O) groups is 2. The van der Waals surface area contributed by atoms with E-state index in [1.165, 1.54) is 0 Å². The van der Waals surface area contributed by atoms with E-state index < -0.39 is 17.4 Å². The Kier molecular flexibility index (Phi) is 5.52. The van der Waals surface area contributed by atoms with Crippen LogP contribution in [0, 0.1) is 0 Å². The van der Waals surface area contributed by atoms with Gasteiger partial charge < -0.3 is 9.84 Å². The minimum atomic E-state index is -1.21. The Labute approximate surface area is 135 Å². The van der Waals surface area contributed by atoms with E-state index in [9.17, 15) is 14.7 Å². The fourth-order valence-corrected chi connectivity index (χ4v) is 2.50. The molecule has 0 radical (unpaired) electrons. The summed E-state index contributed by atoms with van der Waals surface area (Å²) in [6.07, 6.45) is 0.472. The Morgan fingerprint density at radius 3 is 2.09 bits per heavy atom. The zero-order valence-corrected chi connectivity index (χ0v) is 13.1. The molecule has 0 aliphatic rings. The molecule has 0 fully saturated rings. The number of carboxylic acid groups (broad SMARTS) is 1. The summed E-state index contributed by atoms with van der Waals surface area (Å²) in [7, 11) is 0. The zero-order chi connectivity index (χ0) is 16.7. The predicted molar refractivity (Wildman–Crippen MR) is 87.2 cm³/mol. The monoisotopic (exact) mass is 312 g/mol. The number of esters is 1. The summed E-state index contributed by atoms with van der Waals surface area (Å²) in [5.74, 6) is -1.41. The van der Waals surface area contributed by atoms with Crippen LogP contribution in [0.4, 0.5) is 0 Å². The van der Waals surface area contributed by atoms with E-state index in [1.54, 1.807) is 31.2 Å². The van der Waals surface area contributed by atoms with Crippen LogP contribution in [0.2, 0.25) is 0 Å². The number of carboxylic acids is 1. The van der Waals surface area contributed by atoms with Gasteiger partial charge in [-0.3, -0.25) is 9.59 Å². The molecule has 0 aliphatic heterocycles. The maximum atomic E-state index is 12.0. The highest BCUT2D eigenvalue weighted by molar-refractivity contribution is 5.82. The second-order valence-corrected chi connectivity index (χ2v) is 5.43. The second kappa shape index (κ2) is 7.58. The molecule has 0 amide bonds. The van der Waals surface area contributed by atoms with Crippen LogP contribution >= 0.6 is 0 Å². The molecule has 0 saturated heterocycles. The minimum Gasteiger partial charge on any atom is -0.480 e. The SMILES string of the molecule is CCC(COC(=O)Cc1ccccc1)(C(=O)O)c1ccccc1. The summed E-state index contributed by atoms with van der Waals surface area (Å²) in [6.45, 7) is 1.61. The normalized spacial score (nSPS) is 13.1. The van der Waals surface area contributed by atoms with Crippen LogP contribution in [-0.4, -0.2) is 23.7 Å². The fourth-order valence-electron chi connectivity index (χ4n) is 2.50. The number of rotatable bonds is 7. The molecule has 0 heterocycles. The summed E-state index contributed by atoms with van der Waals surface area (Å²) in [5.41, 5.74) is 0.269. The van der Waals surface area contributed by atoms with Crippen molar-refractivity contribution in [1.82, 2.24) is 0 Å². The van der Waals surface area contributed by atoms with Crippen molar-refractivity contribution in [3.63, 3.8) is 0 Å². The Balaban J connectivity index is 2.10. The number of hydrogen-bond acceptors (Lipinski definition) is 3. The maximum Gasteiger partial charge on any atom is 0.317 e. The highest BCUT2D eigenvalue weighted by atomic mass is 16.5. The molecule has 0 aliphatic carbocycles. The lowest BCUT2D eigenvalue weighted by Gasteiger charge is -2.28. The van der Waals surface area contributed by atoms with Crippen molar-refractivity contribution in [1.29, 1.82) is 0 Å². The number of ether oxygens (including phenoxy) is 1. The molecular formula is C19H20O4. The van der Waals surface area contributed by atoms with Gasteiger partial charge in [-0.2, -0.15) is 0 Å². The third kappa shape index (κ3) is 3.97. The third-order valence-corrected chi connectivity index (χ3v) is 4.01. The van der Waals surface area contributed by atoms with Gasteiger partial charge in [-0.15, -0.1) is 0 Å². The van der Waals surface area contributed by atoms with E-state index >= 15 is 0 Å². The van der Waals surface area contributed by atoms with Crippen LogP contribution in [0.5, 0.6) is 0 Å². The average molecular weight is 312 g/mol. The van der Waals surface area contributed by atoms with E-state index in [0.717, 1.165) is 5.56 Å². The molecule has 0 spiro atoms. The molecule has 0 saturated carbocycles. The summed E-state index contributed by atoms with van der Waals surface area (Å²) in [6, 6.07) is 18.1. The summed E-state index contributed by atoms with van der Waals surface area (Å²) in [5, 5.41) is 9.69. The van der Waals surface area contributed by atoms with E-state index in [4.69, 9.17) is 4.74 Å². The standard InChI is InChI=1S/C19H20O4/c1-2-19(18(21)22,16-11-7-4-8-12-16)14-23-17(20)13-15-9-5-3-6-10-15/h3-12H,2,13-14H2,1H3,(H,21,22). The van der Waals surface area contributed by atoms with Crippen LogP contribution < -0.4 is 0 Å². The van der Waals surface area contributed by atoms with Crippen LogP contribution in [0.1, 0.15) is 24.5 Å². The number of aliphatic carboxylic acids is 1. The first-order valence-corrected chi connectivity index (χ1v) is 7.57. The summed E-state index contributed by atoms with van der Waals surface area (Å²) >= 11 is 0. The maximum absolute atomic E-state index is 12.0. The number of benzene rings is 2. The lowest BCUT2D eigenvalue weighted by Crippen LogP contribution is -2.40. The van der Waals surface area contributed by atoms with Gasteiger partial charge in [-0.05, 0) is 17.5 Å². The lowest BCUT2D eigenvalue weighted by atomic mass is 9.79. The van der Waals surface area contributed by atoms with Crippen molar-refractivity contribution in [2.75, 3.05) is 6.61 Å². The quantitative estimate of drug-likeness (QED) is 0.797. The van der Waals surface area contributed by atoms with Crippen molar-refractivity contribution >= 4 is 11.9 Å². The van der Waals surface area contributed by atoms with Crippen LogP contribution in [0.3, 0.4) is 0 Å². The largest absolute Gasteiger partial charge is 0.480 e. The summed E-state index contributed by atoms with van der Waals surface area (Å²) < 4.78 is 5.30. The van der Waals surface area contributed by atoms with Gasteiger partial charge in [0.15, 0.2) is 0 Å². The zero-order valence-electron chi connectivity index (χ0n) is 13.1. The fraction of sp³-hybridized carbons (Fsp3) is 0.263. The van der Waals surface area contributed by atoms with Gasteiger partial charge in [0.1, 0.15) is 12.0 Å². The molecule has 1 unspecified atom stereocenters. The van der Waals surface area contributed by atoms with Crippen molar-refractivity contribution in [2.45, 2.75) is 25.2 Å². The second-order valence-electron chi connectivity index (χ2n) is 5.43. The van der Waals surface area contributed by atoms with Gasteiger partial charge in [0, 0.05) is 0 Å². The van der Waals surface area contributed by atoms with Gasteiger partial charge in [0.05, 0.1) is 6.42 Å². The predicted octanol–water partition coefficient (Wildman–Crippen LogP) is 3.20. The molecular weight excluding hydrogens is 292 g/mol. The molecule has 4 heteroatoms. The molecule has 2 rings (SSSR count). The van der Waals surface area contributed by atoms with Crippen LogP contribution in [-0.2, 0) is 26.2 Å². The first-order chi connectivity index (χ1) is 11.1. The molecule has 1 atom stereocenters. The molecule has 0 bridgehead atoms. The van der Waals surface area contributed by atoms with Gasteiger partial charge in [0.25, 0.3) is 0 Å². The Bertz CT molecular complexity index is 652. The van der Waals surface area contributed by atoms with Crippen LogP contribution in [0.15, 0.2) is 60.7 Å². The van der Waals surface area contributed by atoms with E-state index in [2.05, 4.69) is 0 Å². The minimum absolute atomic E-state index is 0.134.